The van der Waals surface area contributed by atoms with E-state index in [4.69, 9.17) is 0 Å². The summed E-state index contributed by atoms with van der Waals surface area (Å²) in [4.78, 5) is 23.4. The van der Waals surface area contributed by atoms with E-state index in [1.807, 2.05) is 11.8 Å². The number of thioether (sulfide) groups is 1. The predicted molar refractivity (Wildman–Crippen MR) is 138 cm³/mol. The average molecular weight is 543 g/mol. The van der Waals surface area contributed by atoms with Gasteiger partial charge in [-0.15, -0.1) is 13.2 Å². The van der Waals surface area contributed by atoms with Gasteiger partial charge in [-0.2, -0.15) is 11.8 Å². The molecular weight excluding hydrogens is 507 g/mol. The van der Waals surface area contributed by atoms with Gasteiger partial charge in [0.15, 0.2) is 11.1 Å². The minimum absolute atomic E-state index is 0.0604. The van der Waals surface area contributed by atoms with Crippen LogP contribution < -0.4 is 37.0 Å². The summed E-state index contributed by atoms with van der Waals surface area (Å²) in [5.74, 6) is 0.920. The Hall–Kier alpha value is -2.69. The number of alkyl halides is 3. The molecule has 6 N–H and O–H groups in total. The molecule has 3 amide bonds. The van der Waals surface area contributed by atoms with Gasteiger partial charge < -0.3 is 31.7 Å². The zero-order chi connectivity index (χ0) is 26.7. The average Bonchev–Trinajstić information content (AvgIpc) is 3.39. The lowest BCUT2D eigenvalue weighted by molar-refractivity contribution is -0.121. The van der Waals surface area contributed by atoms with Crippen LogP contribution in [0.5, 0.6) is 0 Å². The number of nitrogens with one attached hydrogen (secondary N) is 5. The molecule has 2 heterocycles. The quantitative estimate of drug-likeness (QED) is 0.120. The van der Waals surface area contributed by atoms with E-state index in [-0.39, 0.29) is 35.1 Å². The first-order chi connectivity index (χ1) is 17.7. The summed E-state index contributed by atoms with van der Waals surface area (Å²) >= 11 is 1.89. The Kier molecular flexibility index (Phi) is 11.2. The van der Waals surface area contributed by atoms with Crippen molar-refractivity contribution in [2.75, 3.05) is 31.9 Å². The van der Waals surface area contributed by atoms with E-state index in [0.29, 0.717) is 30.0 Å². The second kappa shape index (κ2) is 14.3. The molecule has 12 heteroatoms. The van der Waals surface area contributed by atoms with Gasteiger partial charge in [-0.3, -0.25) is 4.79 Å². The summed E-state index contributed by atoms with van der Waals surface area (Å²) < 4.78 is 36.9. The first-order valence-corrected chi connectivity index (χ1v) is 13.7. The largest absolute Gasteiger partial charge is 0.514 e. The Morgan fingerprint density at radius 2 is 1.73 bits per heavy atom. The van der Waals surface area contributed by atoms with Gasteiger partial charge in [-0.05, 0) is 38.8 Å². The van der Waals surface area contributed by atoms with Crippen LogP contribution in [0.15, 0.2) is 24.3 Å². The summed E-state index contributed by atoms with van der Waals surface area (Å²) in [5.41, 5.74) is 0. The molecule has 2 fully saturated rings. The van der Waals surface area contributed by atoms with Crippen molar-refractivity contribution >= 4 is 35.7 Å². The third-order valence-electron chi connectivity index (χ3n) is 6.20. The summed E-state index contributed by atoms with van der Waals surface area (Å²) in [5, 5.41) is 25.7. The van der Waals surface area contributed by atoms with E-state index in [2.05, 4.69) is 26.6 Å². The van der Waals surface area contributed by atoms with Crippen molar-refractivity contribution in [3.8, 4) is 0 Å². The molecule has 3 atom stereocenters. The Morgan fingerprint density at radius 3 is 2.43 bits per heavy atom. The van der Waals surface area contributed by atoms with E-state index in [9.17, 15) is 27.9 Å². The molecule has 1 aromatic rings. The van der Waals surface area contributed by atoms with Crippen LogP contribution in [-0.2, 0) is 4.79 Å². The summed E-state index contributed by atoms with van der Waals surface area (Å²) in [6, 6.07) is 5.68. The minimum atomic E-state index is -4.50. The number of hydrogen-bond donors (Lipinski definition) is 6. The highest BCUT2D eigenvalue weighted by atomic mass is 32.2. The number of carbonyl (C=O) groups is 2. The monoisotopic (exact) mass is 542 g/mol. The van der Waals surface area contributed by atoms with Crippen molar-refractivity contribution in [1.82, 2.24) is 26.6 Å². The van der Waals surface area contributed by atoms with Gasteiger partial charge in [0.2, 0.25) is 5.91 Å². The summed E-state index contributed by atoms with van der Waals surface area (Å²) in [6.45, 7) is 2.59. The molecule has 1 aromatic carbocycles. The van der Waals surface area contributed by atoms with Crippen LogP contribution >= 0.6 is 11.8 Å². The topological polar surface area (TPSA) is 115 Å². The van der Waals surface area contributed by atoms with Crippen molar-refractivity contribution in [2.24, 2.45) is 0 Å². The number of fused-ring (bicyclic) bond motifs is 1. The fourth-order valence-electron chi connectivity index (χ4n) is 4.33. The molecule has 0 unspecified atom stereocenters. The van der Waals surface area contributed by atoms with Crippen molar-refractivity contribution in [1.29, 1.82) is 0 Å². The highest BCUT2D eigenvalue weighted by molar-refractivity contribution is 8.00. The molecule has 0 aromatic heterocycles. The summed E-state index contributed by atoms with van der Waals surface area (Å²) in [6.07, 6.45) is 1.77. The molecule has 0 bridgehead atoms. The lowest BCUT2D eigenvalue weighted by Crippen LogP contribution is -2.36. The molecular formula is C25H35F3N5O3S+. The van der Waals surface area contributed by atoms with Crippen LogP contribution in [0.3, 0.4) is 0 Å². The normalized spacial score (nSPS) is 20.5. The maximum atomic E-state index is 12.3. The third kappa shape index (κ3) is 10.3. The highest BCUT2D eigenvalue weighted by Gasteiger charge is 2.42. The highest BCUT2D eigenvalue weighted by Crippen LogP contribution is 2.33. The number of unbranched alkanes of at least 4 members (excludes halogenated alkanes) is 1. The predicted octanol–water partition coefficient (Wildman–Crippen LogP) is 1.33. The van der Waals surface area contributed by atoms with Gasteiger partial charge in [-0.1, -0.05) is 6.42 Å². The Labute approximate surface area is 218 Å². The molecule has 3 rings (SSSR count). The van der Waals surface area contributed by atoms with E-state index in [1.54, 1.807) is 0 Å². The van der Waals surface area contributed by atoms with Crippen molar-refractivity contribution in [3.05, 3.63) is 34.7 Å². The first-order valence-electron chi connectivity index (χ1n) is 12.6. The van der Waals surface area contributed by atoms with Crippen LogP contribution in [-0.4, -0.2) is 72.5 Å². The van der Waals surface area contributed by atoms with Gasteiger partial charge in [-0.25, -0.2) is 4.79 Å². The molecule has 2 aliphatic rings. The number of benzene rings is 1. The number of carbonyl (C=O) groups excluding carboxylic acids is 2. The zero-order valence-electron chi connectivity index (χ0n) is 20.6. The molecule has 204 valence electrons. The number of hydrogen-bond acceptors (Lipinski definition) is 6. The number of halogens is 3. The standard InChI is InChI=1S/C25H34F3N5O3S/c26-25(27,28)15-17-7-9-18(10-8-17)23(35)31-14-4-12-29-11-3-13-30-21(34)6-2-1-5-20-22-19(16-37-20)32-24(36)33-22/h7-10,19-20,22,29,31H,1-6,11-14,16H2,(H3-,30,32,33,34,35,36)/p+1/t19-,20-,22-/m0/s1. The van der Waals surface area contributed by atoms with Crippen molar-refractivity contribution in [3.63, 3.8) is 0 Å². The maximum Gasteiger partial charge on any atom is 0.514 e. The van der Waals surface area contributed by atoms with Gasteiger partial charge in [0.05, 0.1) is 29.4 Å². The zero-order valence-corrected chi connectivity index (χ0v) is 21.4. The van der Waals surface area contributed by atoms with Crippen molar-refractivity contribution in [2.45, 2.75) is 62.0 Å². The van der Waals surface area contributed by atoms with Crippen LogP contribution in [0.25, 0.3) is 12.0 Å². The molecule has 2 saturated heterocycles. The fourth-order valence-corrected chi connectivity index (χ4v) is 5.87. The Morgan fingerprint density at radius 1 is 1.03 bits per heavy atom. The minimum Gasteiger partial charge on any atom is -0.494 e. The molecule has 0 spiro atoms. The second-order valence-electron chi connectivity index (χ2n) is 9.15. The number of aliphatic hydroxyl groups excluding tert-OH is 1. The number of aliphatic hydroxyl groups is 1. The van der Waals surface area contributed by atoms with Crippen molar-refractivity contribution < 1.29 is 27.9 Å². The van der Waals surface area contributed by atoms with E-state index < -0.39 is 6.18 Å². The molecule has 0 saturated carbocycles. The molecule has 2 aliphatic heterocycles. The van der Waals surface area contributed by atoms with E-state index >= 15 is 0 Å². The van der Waals surface area contributed by atoms with Crippen LogP contribution in [0.1, 0.15) is 38.5 Å². The molecule has 0 aliphatic carbocycles. The first kappa shape index (κ1) is 28.9. The van der Waals surface area contributed by atoms with E-state index in [0.717, 1.165) is 50.9 Å². The Balaban J connectivity index is 1.15. The SMILES string of the molecule is O=C(CCCC[C@@H]1SC[C@@H]2NC(=O)N[C@@H]21)NCCCNCCCNC(O)=c1ccc(=[C+]C(F)(F)F)cc1. The van der Waals surface area contributed by atoms with Gasteiger partial charge in [0.25, 0.3) is 0 Å². The third-order valence-corrected chi connectivity index (χ3v) is 7.71. The summed E-state index contributed by atoms with van der Waals surface area (Å²) in [7, 11) is 0. The van der Waals surface area contributed by atoms with Gasteiger partial charge >= 0.3 is 12.2 Å². The van der Waals surface area contributed by atoms with Crippen LogP contribution in [0.2, 0.25) is 0 Å². The lowest BCUT2D eigenvalue weighted by Gasteiger charge is -2.16. The second-order valence-corrected chi connectivity index (χ2v) is 10.4. The maximum absolute atomic E-state index is 12.3. The molecule has 37 heavy (non-hydrogen) atoms. The smallest absolute Gasteiger partial charge is 0.494 e. The van der Waals surface area contributed by atoms with Gasteiger partial charge in [0, 0.05) is 42.6 Å². The lowest BCUT2D eigenvalue weighted by atomic mass is 10.0. The molecule has 0 radical (unpaired) electrons. The van der Waals surface area contributed by atoms with Crippen LogP contribution in [0.4, 0.5) is 18.0 Å². The van der Waals surface area contributed by atoms with Gasteiger partial charge in [0.1, 0.15) is 6.08 Å². The number of rotatable bonds is 14. The number of urea groups is 1. The number of amides is 3. The Bertz CT molecular complexity index is 1000. The molecule has 8 nitrogen and oxygen atoms in total. The van der Waals surface area contributed by atoms with Crippen LogP contribution in [0, 0.1) is 0 Å². The van der Waals surface area contributed by atoms with E-state index in [1.165, 1.54) is 30.3 Å². The fraction of sp³-hybridized carbons (Fsp3) is 0.600.